The van der Waals surface area contributed by atoms with Crippen molar-refractivity contribution in [2.45, 2.75) is 26.2 Å². The topological polar surface area (TPSA) is 139 Å². The van der Waals surface area contributed by atoms with Crippen molar-refractivity contribution in [2.75, 3.05) is 12.4 Å². The van der Waals surface area contributed by atoms with Gasteiger partial charge in [-0.05, 0) is 81.8 Å². The number of hydrogen-bond donors (Lipinski definition) is 3. The number of H-pyrrole nitrogens is 2. The summed E-state index contributed by atoms with van der Waals surface area (Å²) >= 11 is 0. The maximum Gasteiger partial charge on any atom is 0.312 e. The van der Waals surface area contributed by atoms with Crippen LogP contribution in [0.15, 0.2) is 152 Å². The van der Waals surface area contributed by atoms with Gasteiger partial charge >= 0.3 is 5.69 Å². The second kappa shape index (κ2) is 16.8. The number of anilines is 1. The van der Waals surface area contributed by atoms with E-state index in [-0.39, 0.29) is 17.0 Å². The average molecular weight is 865 g/mol. The molecular weight excluding hydrogens is 821 g/mol. The quantitative estimate of drug-likeness (QED) is 0.103. The number of benzene rings is 5. The zero-order valence-electron chi connectivity index (χ0n) is 36.7. The van der Waals surface area contributed by atoms with Crippen LogP contribution in [0.4, 0.5) is 11.4 Å². The number of carbonyl (C=O) groups excluding carboxylic acids is 1. The van der Waals surface area contributed by atoms with Crippen LogP contribution in [0, 0.1) is 10.1 Å². The zero-order chi connectivity index (χ0) is 45.5. The van der Waals surface area contributed by atoms with Crippen LogP contribution in [-0.2, 0) is 5.41 Å². The van der Waals surface area contributed by atoms with Crippen LogP contribution in [-0.4, -0.2) is 37.9 Å². The third-order valence-electron chi connectivity index (χ3n) is 11.9. The van der Waals surface area contributed by atoms with Gasteiger partial charge in [0, 0.05) is 39.4 Å². The molecule has 5 heterocycles. The van der Waals surface area contributed by atoms with Gasteiger partial charge in [0.1, 0.15) is 0 Å². The van der Waals surface area contributed by atoms with Gasteiger partial charge in [0.05, 0.1) is 57.1 Å². The number of hydrogen-bond acceptors (Lipinski definition) is 6. The normalized spacial score (nSPS) is 12.0. The number of rotatable bonds is 8. The molecule has 10 heteroatoms. The molecule has 0 fully saturated rings. The van der Waals surface area contributed by atoms with Crippen molar-refractivity contribution in [1.82, 2.24) is 19.9 Å². The SMILES string of the molecule is COc1c(C(=O)Nc2cc3[nH]c2c(-c2ccccc2)c2nc(c(-c4ccccc4)c4ccc([nH]4)c(-c4ccccc4)c4nc(c3-c3ccccc3)C=C4)C=C2)cc(C(C)(C)C)cc1[N+](=O)[O-]. The van der Waals surface area contributed by atoms with E-state index in [1.807, 2.05) is 148 Å². The summed E-state index contributed by atoms with van der Waals surface area (Å²) in [6.45, 7) is 5.83. The molecule has 10 rings (SSSR count). The molecular formula is C56H44N6O4. The number of ether oxygens (including phenoxy) is 1. The van der Waals surface area contributed by atoms with Crippen LogP contribution in [0.25, 0.3) is 90.9 Å². The minimum Gasteiger partial charge on any atom is -0.490 e. The molecule has 0 spiro atoms. The van der Waals surface area contributed by atoms with E-state index in [4.69, 9.17) is 14.7 Å². The highest BCUT2D eigenvalue weighted by atomic mass is 16.6. The Morgan fingerprint density at radius 3 is 1.42 bits per heavy atom. The Balaban J connectivity index is 1.36. The van der Waals surface area contributed by atoms with Gasteiger partial charge in [0.25, 0.3) is 5.91 Å². The first-order chi connectivity index (χ1) is 32.1. The van der Waals surface area contributed by atoms with E-state index in [0.29, 0.717) is 33.7 Å². The lowest BCUT2D eigenvalue weighted by atomic mass is 9.85. The molecule has 2 aliphatic heterocycles. The van der Waals surface area contributed by atoms with Gasteiger partial charge in [-0.3, -0.25) is 14.9 Å². The summed E-state index contributed by atoms with van der Waals surface area (Å²) < 4.78 is 5.64. The summed E-state index contributed by atoms with van der Waals surface area (Å²) in [6.07, 6.45) is 8.09. The Morgan fingerprint density at radius 1 is 0.576 bits per heavy atom. The van der Waals surface area contributed by atoms with E-state index in [2.05, 4.69) is 51.7 Å². The number of aromatic nitrogens is 4. The zero-order valence-corrected chi connectivity index (χ0v) is 36.7. The molecule has 5 aromatic carbocycles. The molecule has 0 aliphatic carbocycles. The molecule has 8 aromatic rings. The Kier molecular flexibility index (Phi) is 10.5. The van der Waals surface area contributed by atoms with Gasteiger partial charge in [-0.15, -0.1) is 0 Å². The summed E-state index contributed by atoms with van der Waals surface area (Å²) in [5.41, 5.74) is 13.2. The molecule has 3 N–H and O–H groups in total. The molecule has 2 aliphatic rings. The molecule has 66 heavy (non-hydrogen) atoms. The van der Waals surface area contributed by atoms with E-state index in [1.54, 1.807) is 6.07 Å². The number of aromatic amines is 2. The maximum atomic E-state index is 14.9. The molecule has 1 amide bonds. The number of nitrogens with one attached hydrogen (secondary N) is 3. The number of nitro benzene ring substituents is 1. The summed E-state index contributed by atoms with van der Waals surface area (Å²) in [6, 6.07) is 49.6. The number of methoxy groups -OCH3 is 1. The van der Waals surface area contributed by atoms with Crippen LogP contribution >= 0.6 is 0 Å². The van der Waals surface area contributed by atoms with Crippen molar-refractivity contribution in [3.63, 3.8) is 0 Å². The third kappa shape index (κ3) is 7.64. The first kappa shape index (κ1) is 41.4. The lowest BCUT2D eigenvalue weighted by Crippen LogP contribution is -2.18. The first-order valence-corrected chi connectivity index (χ1v) is 21.7. The van der Waals surface area contributed by atoms with Crippen LogP contribution in [0.1, 0.15) is 59.5 Å². The Labute approximate surface area is 381 Å². The first-order valence-electron chi connectivity index (χ1n) is 21.7. The van der Waals surface area contributed by atoms with Crippen LogP contribution < -0.4 is 10.1 Å². The Bertz CT molecular complexity index is 3440. The summed E-state index contributed by atoms with van der Waals surface area (Å²) in [5.74, 6) is -0.712. The van der Waals surface area contributed by atoms with Crippen molar-refractivity contribution >= 4 is 63.7 Å². The second-order valence-electron chi connectivity index (χ2n) is 17.2. The second-order valence-corrected chi connectivity index (χ2v) is 17.2. The Hall–Kier alpha value is -8.63. The summed E-state index contributed by atoms with van der Waals surface area (Å²) in [4.78, 5) is 45.2. The van der Waals surface area contributed by atoms with Gasteiger partial charge in [-0.2, -0.15) is 0 Å². The van der Waals surface area contributed by atoms with Crippen molar-refractivity contribution in [2.24, 2.45) is 0 Å². The fourth-order valence-corrected chi connectivity index (χ4v) is 8.77. The Morgan fingerprint density at radius 2 is 1.00 bits per heavy atom. The standard InChI is InChI=1S/C56H44N6O4/c1-56(2,3)38-31-39(54(66-4)48(32-38)62(64)65)55(63)61-47-33-46-51(36-21-13-7-14-22-36)44-28-27-42(58-44)49(34-17-9-5-10-18-34)40-25-26-41(57-40)50(35-19-11-6-12-20-35)43-29-30-45(59-43)52(53(47)60-46)37-23-15-8-16-24-37/h5-33,57,60H,1-4H3,(H,61,63). The minimum absolute atomic E-state index is 0.0320. The monoisotopic (exact) mass is 864 g/mol. The molecule has 0 saturated carbocycles. The van der Waals surface area contributed by atoms with E-state index >= 15 is 0 Å². The predicted octanol–water partition coefficient (Wildman–Crippen LogP) is 13.8. The van der Waals surface area contributed by atoms with Gasteiger partial charge < -0.3 is 20.0 Å². The van der Waals surface area contributed by atoms with E-state index in [0.717, 1.165) is 66.9 Å². The fourth-order valence-electron chi connectivity index (χ4n) is 8.77. The highest BCUT2D eigenvalue weighted by molar-refractivity contribution is 6.12. The maximum absolute atomic E-state index is 14.9. The number of carbonyl (C=O) groups is 1. The van der Waals surface area contributed by atoms with Crippen molar-refractivity contribution in [3.8, 4) is 50.3 Å². The molecule has 0 radical (unpaired) electrons. The molecule has 10 nitrogen and oxygen atoms in total. The van der Waals surface area contributed by atoms with Crippen LogP contribution in [0.5, 0.6) is 5.75 Å². The highest BCUT2D eigenvalue weighted by Crippen LogP contribution is 2.42. The van der Waals surface area contributed by atoms with Gasteiger partial charge in [-0.1, -0.05) is 142 Å². The van der Waals surface area contributed by atoms with Crippen molar-refractivity contribution < 1.29 is 14.5 Å². The number of nitrogens with zero attached hydrogens (tertiary/aromatic N) is 3. The third-order valence-corrected chi connectivity index (χ3v) is 11.9. The fraction of sp³-hybridized carbons (Fsp3) is 0.0893. The van der Waals surface area contributed by atoms with E-state index in [9.17, 15) is 14.9 Å². The van der Waals surface area contributed by atoms with Crippen LogP contribution in [0.3, 0.4) is 0 Å². The molecule has 0 unspecified atom stereocenters. The predicted molar refractivity (Wildman–Crippen MR) is 267 cm³/mol. The smallest absolute Gasteiger partial charge is 0.312 e. The number of amides is 1. The van der Waals surface area contributed by atoms with Gasteiger partial charge in [0.2, 0.25) is 5.75 Å². The lowest BCUT2D eigenvalue weighted by Gasteiger charge is -2.21. The molecule has 322 valence electrons. The van der Waals surface area contributed by atoms with E-state index in [1.165, 1.54) is 13.2 Å². The van der Waals surface area contributed by atoms with Gasteiger partial charge in [0.15, 0.2) is 0 Å². The molecule has 0 atom stereocenters. The number of fused-ring (bicyclic) bond motifs is 8. The lowest BCUT2D eigenvalue weighted by molar-refractivity contribution is -0.385. The van der Waals surface area contributed by atoms with Crippen molar-refractivity contribution in [3.05, 3.63) is 196 Å². The number of nitro groups is 1. The van der Waals surface area contributed by atoms with Crippen LogP contribution in [0.2, 0.25) is 0 Å². The van der Waals surface area contributed by atoms with Crippen molar-refractivity contribution in [1.29, 1.82) is 0 Å². The highest BCUT2D eigenvalue weighted by Gasteiger charge is 2.29. The average Bonchev–Trinajstić information content (AvgIpc) is 4.18. The minimum atomic E-state index is -0.582. The van der Waals surface area contributed by atoms with Gasteiger partial charge in [-0.25, -0.2) is 9.97 Å². The molecule has 3 aromatic heterocycles. The summed E-state index contributed by atoms with van der Waals surface area (Å²) in [5, 5.41) is 15.7. The molecule has 8 bridgehead atoms. The summed E-state index contributed by atoms with van der Waals surface area (Å²) in [7, 11) is 1.34. The molecule has 0 saturated heterocycles. The largest absolute Gasteiger partial charge is 0.490 e. The van der Waals surface area contributed by atoms with E-state index < -0.39 is 16.2 Å².